The first-order valence-corrected chi connectivity index (χ1v) is 8.15. The molecule has 0 amide bonds. The summed E-state index contributed by atoms with van der Waals surface area (Å²) in [7, 11) is 0. The molecule has 118 valence electrons. The maximum Gasteiger partial charge on any atom is 0.178 e. The minimum absolute atomic E-state index is 0.344. The van der Waals surface area contributed by atoms with Crippen LogP contribution in [-0.4, -0.2) is 25.9 Å². The second-order valence-electron chi connectivity index (χ2n) is 5.98. The van der Waals surface area contributed by atoms with Gasteiger partial charge >= 0.3 is 0 Å². The average molecular weight is 329 g/mol. The third-order valence-corrected chi connectivity index (χ3v) is 4.45. The summed E-state index contributed by atoms with van der Waals surface area (Å²) in [5.41, 5.74) is 2.76. The van der Waals surface area contributed by atoms with Gasteiger partial charge in [-0.2, -0.15) is 5.10 Å². The Labute approximate surface area is 139 Å². The predicted molar refractivity (Wildman–Crippen MR) is 88.1 cm³/mol. The number of halogens is 1. The summed E-state index contributed by atoms with van der Waals surface area (Å²) < 4.78 is 7.84. The van der Waals surface area contributed by atoms with E-state index in [4.69, 9.17) is 16.3 Å². The van der Waals surface area contributed by atoms with Crippen LogP contribution in [0.3, 0.4) is 0 Å². The van der Waals surface area contributed by atoms with Crippen LogP contribution in [0.2, 0.25) is 5.15 Å². The Morgan fingerprint density at radius 1 is 1.17 bits per heavy atom. The van der Waals surface area contributed by atoms with E-state index in [-0.39, 0.29) is 0 Å². The number of rotatable bonds is 5. The first-order valence-electron chi connectivity index (χ1n) is 7.77. The van der Waals surface area contributed by atoms with Crippen LogP contribution in [0, 0.1) is 5.92 Å². The van der Waals surface area contributed by atoms with Gasteiger partial charge in [-0.25, -0.2) is 14.6 Å². The fourth-order valence-corrected chi connectivity index (χ4v) is 3.08. The Kier molecular flexibility index (Phi) is 3.97. The van der Waals surface area contributed by atoms with E-state index in [0.29, 0.717) is 23.8 Å². The molecule has 0 atom stereocenters. The summed E-state index contributed by atoms with van der Waals surface area (Å²) in [5.74, 6) is 0.569. The van der Waals surface area contributed by atoms with Crippen molar-refractivity contribution in [2.24, 2.45) is 5.92 Å². The predicted octanol–water partition coefficient (Wildman–Crippen LogP) is 3.48. The maximum atomic E-state index is 5.94. The molecule has 1 aliphatic rings. The monoisotopic (exact) mass is 328 g/mol. The molecule has 23 heavy (non-hydrogen) atoms. The van der Waals surface area contributed by atoms with Gasteiger partial charge in [0, 0.05) is 6.54 Å². The zero-order valence-electron chi connectivity index (χ0n) is 12.6. The molecule has 0 unspecified atom stereocenters. The van der Waals surface area contributed by atoms with E-state index in [2.05, 4.69) is 27.2 Å². The molecule has 1 aliphatic carbocycles. The molecule has 1 fully saturated rings. The lowest BCUT2D eigenvalue weighted by atomic mass is 9.82. The number of hydrogen-bond donors (Lipinski definition) is 0. The molecule has 0 radical (unpaired) electrons. The minimum atomic E-state index is 0.344. The molecule has 0 aliphatic heterocycles. The maximum absolute atomic E-state index is 5.94. The Bertz CT molecular complexity index is 799. The van der Waals surface area contributed by atoms with Gasteiger partial charge in [-0.05, 0) is 24.3 Å². The number of nitrogens with zero attached hydrogens (tertiary/aromatic N) is 4. The lowest BCUT2D eigenvalue weighted by molar-refractivity contribution is -0.0446. The van der Waals surface area contributed by atoms with E-state index < -0.39 is 0 Å². The number of benzene rings is 1. The van der Waals surface area contributed by atoms with E-state index in [1.54, 1.807) is 12.4 Å². The number of hydrogen-bond acceptors (Lipinski definition) is 4. The highest BCUT2D eigenvalue weighted by molar-refractivity contribution is 6.29. The molecule has 1 aromatic carbocycles. The van der Waals surface area contributed by atoms with E-state index in [1.165, 1.54) is 5.56 Å². The van der Waals surface area contributed by atoms with Gasteiger partial charge in [0.2, 0.25) is 0 Å². The summed E-state index contributed by atoms with van der Waals surface area (Å²) in [6.45, 7) is 1.52. The van der Waals surface area contributed by atoms with E-state index >= 15 is 0 Å². The zero-order valence-corrected chi connectivity index (χ0v) is 13.4. The van der Waals surface area contributed by atoms with E-state index in [0.717, 1.165) is 30.6 Å². The Morgan fingerprint density at radius 3 is 2.83 bits per heavy atom. The van der Waals surface area contributed by atoms with Crippen LogP contribution in [0.15, 0.2) is 42.7 Å². The largest absolute Gasteiger partial charge is 0.374 e. The van der Waals surface area contributed by atoms with Crippen molar-refractivity contribution in [3.05, 3.63) is 53.4 Å². The van der Waals surface area contributed by atoms with Crippen LogP contribution in [0.25, 0.3) is 11.2 Å². The number of fused-ring (bicyclic) bond motifs is 1. The Balaban J connectivity index is 1.31. The molecule has 2 heterocycles. The van der Waals surface area contributed by atoms with Gasteiger partial charge in [-0.15, -0.1) is 0 Å². The molecule has 0 saturated heterocycles. The van der Waals surface area contributed by atoms with Gasteiger partial charge in [-0.1, -0.05) is 41.9 Å². The molecule has 5 nitrogen and oxygen atoms in total. The van der Waals surface area contributed by atoms with Crippen molar-refractivity contribution in [3.63, 3.8) is 0 Å². The first-order chi connectivity index (χ1) is 11.3. The topological polar surface area (TPSA) is 52.8 Å². The van der Waals surface area contributed by atoms with Crippen molar-refractivity contribution in [3.8, 4) is 0 Å². The van der Waals surface area contributed by atoms with Crippen LogP contribution in [0.5, 0.6) is 0 Å². The lowest BCUT2D eigenvalue weighted by Gasteiger charge is -2.35. The SMILES string of the molecule is Clc1cnc2cnn(CC3CC(OCc4ccccc4)C3)c2n1. The number of aromatic nitrogens is 4. The van der Waals surface area contributed by atoms with Crippen molar-refractivity contribution >= 4 is 22.8 Å². The summed E-state index contributed by atoms with van der Waals surface area (Å²) in [4.78, 5) is 8.54. The third-order valence-electron chi connectivity index (χ3n) is 4.27. The third kappa shape index (κ3) is 3.21. The van der Waals surface area contributed by atoms with Gasteiger partial charge < -0.3 is 4.74 Å². The van der Waals surface area contributed by atoms with Crippen molar-refractivity contribution in [2.45, 2.75) is 32.1 Å². The molecule has 2 aromatic heterocycles. The molecule has 6 heteroatoms. The fourth-order valence-electron chi connectivity index (χ4n) is 2.95. The highest BCUT2D eigenvalue weighted by Gasteiger charge is 2.30. The van der Waals surface area contributed by atoms with Crippen molar-refractivity contribution in [2.75, 3.05) is 0 Å². The molecular weight excluding hydrogens is 312 g/mol. The second-order valence-corrected chi connectivity index (χ2v) is 6.37. The zero-order chi connectivity index (χ0) is 15.6. The molecule has 3 aromatic rings. The van der Waals surface area contributed by atoms with Crippen LogP contribution in [0.4, 0.5) is 0 Å². The van der Waals surface area contributed by atoms with Gasteiger partial charge in [0.1, 0.15) is 10.7 Å². The average Bonchev–Trinajstić information content (AvgIpc) is 2.92. The number of ether oxygens (including phenoxy) is 1. The standard InChI is InChI=1S/C17H17ClN4O/c18-16-9-19-15-8-20-22(17(15)21-16)10-13-6-14(7-13)23-11-12-4-2-1-3-5-12/h1-5,8-9,13-14H,6-7,10-11H2. The van der Waals surface area contributed by atoms with Crippen LogP contribution < -0.4 is 0 Å². The normalized spacial score (nSPS) is 20.6. The molecule has 0 spiro atoms. The van der Waals surface area contributed by atoms with Gasteiger partial charge in [0.15, 0.2) is 5.65 Å². The summed E-state index contributed by atoms with van der Waals surface area (Å²) in [5, 5.41) is 4.77. The summed E-state index contributed by atoms with van der Waals surface area (Å²) in [6.07, 6.45) is 5.74. The molecule has 4 rings (SSSR count). The molecular formula is C17H17ClN4O. The van der Waals surface area contributed by atoms with Gasteiger partial charge in [0.25, 0.3) is 0 Å². The lowest BCUT2D eigenvalue weighted by Crippen LogP contribution is -2.34. The van der Waals surface area contributed by atoms with Gasteiger partial charge in [0.05, 0.1) is 25.1 Å². The van der Waals surface area contributed by atoms with E-state index in [9.17, 15) is 0 Å². The second kappa shape index (κ2) is 6.26. The van der Waals surface area contributed by atoms with E-state index in [1.807, 2.05) is 22.9 Å². The Hall–Kier alpha value is -1.98. The minimum Gasteiger partial charge on any atom is -0.374 e. The van der Waals surface area contributed by atoms with Crippen LogP contribution in [-0.2, 0) is 17.9 Å². The quantitative estimate of drug-likeness (QED) is 0.719. The molecule has 1 saturated carbocycles. The molecule has 0 bridgehead atoms. The smallest absolute Gasteiger partial charge is 0.178 e. The Morgan fingerprint density at radius 2 is 2.00 bits per heavy atom. The van der Waals surface area contributed by atoms with Crippen molar-refractivity contribution < 1.29 is 4.74 Å². The van der Waals surface area contributed by atoms with Crippen molar-refractivity contribution in [1.82, 2.24) is 19.7 Å². The van der Waals surface area contributed by atoms with Crippen LogP contribution in [0.1, 0.15) is 18.4 Å². The van der Waals surface area contributed by atoms with Crippen molar-refractivity contribution in [1.29, 1.82) is 0 Å². The highest BCUT2D eigenvalue weighted by Crippen LogP contribution is 2.32. The highest BCUT2D eigenvalue weighted by atomic mass is 35.5. The van der Waals surface area contributed by atoms with Gasteiger partial charge in [-0.3, -0.25) is 0 Å². The summed E-state index contributed by atoms with van der Waals surface area (Å²) >= 11 is 5.92. The fraction of sp³-hybridized carbons (Fsp3) is 0.353. The van der Waals surface area contributed by atoms with Crippen LogP contribution >= 0.6 is 11.6 Å². The molecule has 0 N–H and O–H groups in total. The first kappa shape index (κ1) is 14.6. The summed E-state index contributed by atoms with van der Waals surface area (Å²) in [6, 6.07) is 10.3.